The second-order valence-electron chi connectivity index (χ2n) is 6.01. The summed E-state index contributed by atoms with van der Waals surface area (Å²) in [5, 5.41) is 0. The third-order valence-corrected chi connectivity index (χ3v) is 3.35. The maximum atomic E-state index is 10.9. The number of primary amides is 1. The molecule has 0 saturated carbocycles. The van der Waals surface area contributed by atoms with Crippen molar-refractivity contribution in [2.75, 3.05) is 12.8 Å². The van der Waals surface area contributed by atoms with E-state index in [9.17, 15) is 4.79 Å². The van der Waals surface area contributed by atoms with E-state index >= 15 is 0 Å². The van der Waals surface area contributed by atoms with E-state index in [4.69, 9.17) is 25.7 Å². The molecule has 0 heterocycles. The molecule has 2 aromatic rings. The number of nitrogens with two attached hydrogens (primary N) is 2. The highest BCUT2D eigenvalue weighted by molar-refractivity contribution is 5.65. The van der Waals surface area contributed by atoms with Gasteiger partial charge in [-0.25, -0.2) is 4.79 Å². The van der Waals surface area contributed by atoms with Crippen LogP contribution in [0.15, 0.2) is 42.5 Å². The number of methoxy groups -OCH3 is 1. The van der Waals surface area contributed by atoms with Crippen LogP contribution in [-0.4, -0.2) is 18.8 Å². The van der Waals surface area contributed by atoms with Gasteiger partial charge in [-0.2, -0.15) is 0 Å². The minimum atomic E-state index is -0.782. The van der Waals surface area contributed by atoms with Crippen molar-refractivity contribution in [3.05, 3.63) is 48.0 Å². The van der Waals surface area contributed by atoms with Gasteiger partial charge in [-0.3, -0.25) is 0 Å². The zero-order chi connectivity index (χ0) is 17.7. The fourth-order valence-electron chi connectivity index (χ4n) is 2.37. The van der Waals surface area contributed by atoms with Gasteiger partial charge in [0.15, 0.2) is 11.5 Å². The lowest BCUT2D eigenvalue weighted by Crippen LogP contribution is -2.33. The molecule has 0 aliphatic carbocycles. The molecule has 0 bridgehead atoms. The molecule has 0 radical (unpaired) electrons. The summed E-state index contributed by atoms with van der Waals surface area (Å²) in [6, 6.07) is 12.7. The topological polar surface area (TPSA) is 96.8 Å². The Morgan fingerprint density at radius 2 is 1.75 bits per heavy atom. The van der Waals surface area contributed by atoms with E-state index in [1.807, 2.05) is 24.3 Å². The van der Waals surface area contributed by atoms with Crippen LogP contribution in [0.5, 0.6) is 17.2 Å². The molecule has 0 aliphatic heterocycles. The second-order valence-corrected chi connectivity index (χ2v) is 6.01. The number of amides is 1. The molecule has 0 unspecified atom stereocenters. The lowest BCUT2D eigenvalue weighted by Gasteiger charge is -2.24. The Hall–Kier alpha value is -2.89. The molecule has 6 heteroatoms. The highest BCUT2D eigenvalue weighted by Gasteiger charge is 2.22. The van der Waals surface area contributed by atoms with Crippen molar-refractivity contribution in [1.29, 1.82) is 0 Å². The Bertz CT molecular complexity index is 711. The third-order valence-electron chi connectivity index (χ3n) is 3.35. The molecular formula is C18H22N2O4. The first-order chi connectivity index (χ1) is 11.3. The fourth-order valence-corrected chi connectivity index (χ4v) is 2.37. The van der Waals surface area contributed by atoms with Gasteiger partial charge in [0.25, 0.3) is 0 Å². The summed E-state index contributed by atoms with van der Waals surface area (Å²) in [4.78, 5) is 10.9. The van der Waals surface area contributed by atoms with Crippen molar-refractivity contribution in [2.45, 2.75) is 25.9 Å². The fraction of sp³-hybridized carbons (Fsp3) is 0.278. The van der Waals surface area contributed by atoms with Crippen LogP contribution in [-0.2, 0) is 11.2 Å². The predicted octanol–water partition coefficient (Wildman–Crippen LogP) is 3.49. The monoisotopic (exact) mass is 330 g/mol. The van der Waals surface area contributed by atoms with Crippen molar-refractivity contribution < 1.29 is 19.0 Å². The Kier molecular flexibility index (Phi) is 5.18. The lowest BCUT2D eigenvalue weighted by atomic mass is 9.98. The van der Waals surface area contributed by atoms with Gasteiger partial charge in [-0.1, -0.05) is 12.1 Å². The van der Waals surface area contributed by atoms with Crippen LogP contribution in [0.2, 0.25) is 0 Å². The Labute approximate surface area is 141 Å². The van der Waals surface area contributed by atoms with Crippen LogP contribution in [0.25, 0.3) is 0 Å². The van der Waals surface area contributed by atoms with Crippen molar-refractivity contribution in [3.63, 3.8) is 0 Å². The smallest absolute Gasteiger partial charge is 0.405 e. The number of benzene rings is 2. The molecule has 2 aromatic carbocycles. The van der Waals surface area contributed by atoms with Gasteiger partial charge in [0, 0.05) is 18.2 Å². The summed E-state index contributed by atoms with van der Waals surface area (Å²) in [5.74, 6) is 1.81. The molecule has 4 N–H and O–H groups in total. The summed E-state index contributed by atoms with van der Waals surface area (Å²) >= 11 is 0. The molecular weight excluding hydrogens is 308 g/mol. The van der Waals surface area contributed by atoms with E-state index in [0.29, 0.717) is 29.4 Å². The van der Waals surface area contributed by atoms with Gasteiger partial charge in [0.05, 0.1) is 7.11 Å². The zero-order valence-corrected chi connectivity index (χ0v) is 14.0. The van der Waals surface area contributed by atoms with Crippen molar-refractivity contribution in [3.8, 4) is 17.2 Å². The molecule has 128 valence electrons. The van der Waals surface area contributed by atoms with Crippen LogP contribution < -0.4 is 20.9 Å². The molecule has 0 saturated heterocycles. The summed E-state index contributed by atoms with van der Waals surface area (Å²) < 4.78 is 16.2. The van der Waals surface area contributed by atoms with Crippen molar-refractivity contribution in [1.82, 2.24) is 0 Å². The standard InChI is InChI=1S/C18H22N2O4/c1-18(2,24-17(20)21)11-12-4-7-14(8-5-12)23-15-9-6-13(19)10-16(15)22-3/h4-10H,11,19H2,1-3H3,(H2,20,21). The van der Waals surface area contributed by atoms with Gasteiger partial charge >= 0.3 is 6.09 Å². The number of anilines is 1. The summed E-state index contributed by atoms with van der Waals surface area (Å²) in [6.45, 7) is 3.61. The van der Waals surface area contributed by atoms with E-state index in [-0.39, 0.29) is 0 Å². The normalized spacial score (nSPS) is 11.0. The Morgan fingerprint density at radius 3 is 2.33 bits per heavy atom. The number of carbonyl (C=O) groups excluding carboxylic acids is 1. The molecule has 0 atom stereocenters. The van der Waals surface area contributed by atoms with Gasteiger partial charge in [-0.05, 0) is 43.7 Å². The van der Waals surface area contributed by atoms with Crippen molar-refractivity contribution in [2.24, 2.45) is 5.73 Å². The molecule has 0 aromatic heterocycles. The van der Waals surface area contributed by atoms with E-state index in [0.717, 1.165) is 5.56 Å². The van der Waals surface area contributed by atoms with Crippen LogP contribution in [0.1, 0.15) is 19.4 Å². The molecule has 24 heavy (non-hydrogen) atoms. The largest absolute Gasteiger partial charge is 0.493 e. The van der Waals surface area contributed by atoms with Crippen LogP contribution >= 0.6 is 0 Å². The maximum Gasteiger partial charge on any atom is 0.405 e. The molecule has 6 nitrogen and oxygen atoms in total. The summed E-state index contributed by atoms with van der Waals surface area (Å²) in [7, 11) is 1.56. The maximum absolute atomic E-state index is 10.9. The molecule has 1 amide bonds. The second kappa shape index (κ2) is 7.12. The summed E-state index contributed by atoms with van der Waals surface area (Å²) in [6.07, 6.45) is -0.239. The van der Waals surface area contributed by atoms with Crippen LogP contribution in [0.3, 0.4) is 0 Å². The Balaban J connectivity index is 2.09. The summed E-state index contributed by atoms with van der Waals surface area (Å²) in [5.41, 5.74) is 11.7. The SMILES string of the molecule is COc1cc(N)ccc1Oc1ccc(CC(C)(C)OC(N)=O)cc1. The lowest BCUT2D eigenvalue weighted by molar-refractivity contribution is 0.0460. The van der Waals surface area contributed by atoms with Gasteiger partial charge in [-0.15, -0.1) is 0 Å². The van der Waals surface area contributed by atoms with Crippen LogP contribution in [0.4, 0.5) is 10.5 Å². The molecule has 0 aliphatic rings. The minimum Gasteiger partial charge on any atom is -0.493 e. The zero-order valence-electron chi connectivity index (χ0n) is 14.0. The average Bonchev–Trinajstić information content (AvgIpc) is 2.49. The van der Waals surface area contributed by atoms with E-state index in [1.54, 1.807) is 39.2 Å². The minimum absolute atomic E-state index is 0.543. The first-order valence-corrected chi connectivity index (χ1v) is 7.48. The van der Waals surface area contributed by atoms with Gasteiger partial charge < -0.3 is 25.7 Å². The number of hydrogen-bond donors (Lipinski definition) is 2. The first-order valence-electron chi connectivity index (χ1n) is 7.48. The van der Waals surface area contributed by atoms with Crippen LogP contribution in [0, 0.1) is 0 Å². The number of carbonyl (C=O) groups is 1. The predicted molar refractivity (Wildman–Crippen MR) is 92.4 cm³/mol. The number of ether oxygens (including phenoxy) is 3. The van der Waals surface area contributed by atoms with E-state index in [1.165, 1.54) is 0 Å². The van der Waals surface area contributed by atoms with Gasteiger partial charge in [0.1, 0.15) is 11.4 Å². The van der Waals surface area contributed by atoms with E-state index < -0.39 is 11.7 Å². The average molecular weight is 330 g/mol. The molecule has 2 rings (SSSR count). The molecule has 0 fully saturated rings. The van der Waals surface area contributed by atoms with Gasteiger partial charge in [0.2, 0.25) is 0 Å². The number of nitrogen functional groups attached to an aromatic ring is 1. The quantitative estimate of drug-likeness (QED) is 0.790. The first kappa shape index (κ1) is 17.5. The Morgan fingerprint density at radius 1 is 1.08 bits per heavy atom. The van der Waals surface area contributed by atoms with Crippen molar-refractivity contribution >= 4 is 11.8 Å². The number of hydrogen-bond acceptors (Lipinski definition) is 5. The highest BCUT2D eigenvalue weighted by atomic mass is 16.6. The number of rotatable bonds is 6. The highest BCUT2D eigenvalue weighted by Crippen LogP contribution is 2.33. The third kappa shape index (κ3) is 4.81. The van der Waals surface area contributed by atoms with E-state index in [2.05, 4.69) is 0 Å². The molecule has 0 spiro atoms.